The molecule has 0 spiro atoms. The first-order valence-corrected chi connectivity index (χ1v) is 7.23. The molecule has 18 heavy (non-hydrogen) atoms. The number of anilines is 1. The van der Waals surface area contributed by atoms with Crippen molar-refractivity contribution in [1.29, 1.82) is 0 Å². The maximum atomic E-state index is 11.6. The number of rotatable bonds is 4. The second-order valence-electron chi connectivity index (χ2n) is 3.31. The van der Waals surface area contributed by atoms with Crippen molar-refractivity contribution in [2.45, 2.75) is 4.34 Å². The molecule has 0 atom stereocenters. The molecule has 2 rings (SSSR count). The molecule has 0 fully saturated rings. The van der Waals surface area contributed by atoms with E-state index in [0.717, 1.165) is 9.90 Å². The maximum absolute atomic E-state index is 11.6. The number of nitrogens with zero attached hydrogens (tertiary/aromatic N) is 2. The minimum atomic E-state index is -0.206. The van der Waals surface area contributed by atoms with Crippen LogP contribution in [0, 0.1) is 0 Å². The molecule has 6 heteroatoms. The Morgan fingerprint density at radius 1 is 1.33 bits per heavy atom. The fourth-order valence-corrected chi connectivity index (χ4v) is 2.40. The van der Waals surface area contributed by atoms with E-state index >= 15 is 0 Å². The molecule has 4 nitrogen and oxygen atoms in total. The van der Waals surface area contributed by atoms with E-state index in [-0.39, 0.29) is 5.91 Å². The largest absolute Gasteiger partial charge is 0.297 e. The van der Waals surface area contributed by atoms with Gasteiger partial charge in [-0.15, -0.1) is 10.2 Å². The molecular formula is C12H11N3OS2. The molecule has 1 amide bonds. The van der Waals surface area contributed by atoms with Gasteiger partial charge in [-0.3, -0.25) is 10.1 Å². The number of carbonyl (C=O) groups is 1. The third kappa shape index (κ3) is 3.68. The zero-order valence-corrected chi connectivity index (χ0v) is 11.3. The Labute approximate surface area is 113 Å². The summed E-state index contributed by atoms with van der Waals surface area (Å²) in [5.41, 5.74) is 0.981. The predicted molar refractivity (Wildman–Crippen MR) is 75.8 cm³/mol. The Bertz CT molecular complexity index is 551. The summed E-state index contributed by atoms with van der Waals surface area (Å²) in [6.07, 6.45) is 5.16. The lowest BCUT2D eigenvalue weighted by atomic mass is 10.2. The zero-order chi connectivity index (χ0) is 12.8. The normalized spacial score (nSPS) is 10.7. The Kier molecular flexibility index (Phi) is 4.49. The number of hydrogen-bond donors (Lipinski definition) is 1. The topological polar surface area (TPSA) is 54.9 Å². The number of hydrogen-bond acceptors (Lipinski definition) is 5. The quantitative estimate of drug-likeness (QED) is 0.530. The number of benzene rings is 1. The molecule has 1 aromatic heterocycles. The monoisotopic (exact) mass is 277 g/mol. The summed E-state index contributed by atoms with van der Waals surface area (Å²) in [5.74, 6) is -0.206. The van der Waals surface area contributed by atoms with Crippen molar-refractivity contribution in [3.05, 3.63) is 42.0 Å². The molecule has 0 aliphatic rings. The average Bonchev–Trinajstić information content (AvgIpc) is 2.85. The van der Waals surface area contributed by atoms with E-state index in [1.54, 1.807) is 6.08 Å². The zero-order valence-electron chi connectivity index (χ0n) is 9.66. The summed E-state index contributed by atoms with van der Waals surface area (Å²) in [6, 6.07) is 9.64. The van der Waals surface area contributed by atoms with Gasteiger partial charge in [0.05, 0.1) is 0 Å². The van der Waals surface area contributed by atoms with Crippen LogP contribution < -0.4 is 5.32 Å². The minimum Gasteiger partial charge on any atom is -0.297 e. The van der Waals surface area contributed by atoms with Crippen LogP contribution >= 0.6 is 23.1 Å². The fraction of sp³-hybridized carbons (Fsp3) is 0.0833. The van der Waals surface area contributed by atoms with Crippen molar-refractivity contribution in [2.24, 2.45) is 0 Å². The van der Waals surface area contributed by atoms with Crippen LogP contribution in [0.3, 0.4) is 0 Å². The van der Waals surface area contributed by atoms with Crippen LogP contribution in [0.1, 0.15) is 5.56 Å². The van der Waals surface area contributed by atoms with Crippen LogP contribution in [0.4, 0.5) is 5.13 Å². The smallest absolute Gasteiger partial charge is 0.250 e. The number of carbonyl (C=O) groups excluding carboxylic acids is 1. The number of thioether (sulfide) groups is 1. The van der Waals surface area contributed by atoms with E-state index in [1.165, 1.54) is 29.2 Å². The van der Waals surface area contributed by atoms with Gasteiger partial charge < -0.3 is 0 Å². The molecule has 0 unspecified atom stereocenters. The molecular weight excluding hydrogens is 266 g/mol. The first kappa shape index (κ1) is 12.8. The van der Waals surface area contributed by atoms with Gasteiger partial charge >= 0.3 is 0 Å². The standard InChI is InChI=1S/C12H11N3OS2/c1-17-12-15-14-11(18-12)13-10(16)8-7-9-5-3-2-4-6-9/h2-8H,1H3,(H,13,14,16)/b8-7+. The van der Waals surface area contributed by atoms with Gasteiger partial charge in [0.2, 0.25) is 11.0 Å². The van der Waals surface area contributed by atoms with Crippen molar-refractivity contribution in [3.8, 4) is 0 Å². The van der Waals surface area contributed by atoms with E-state index in [9.17, 15) is 4.79 Å². The van der Waals surface area contributed by atoms with Gasteiger partial charge in [0, 0.05) is 6.08 Å². The van der Waals surface area contributed by atoms with Crippen molar-refractivity contribution in [1.82, 2.24) is 10.2 Å². The minimum absolute atomic E-state index is 0.206. The third-order valence-electron chi connectivity index (χ3n) is 2.04. The Balaban J connectivity index is 1.94. The molecule has 0 saturated carbocycles. The van der Waals surface area contributed by atoms with Gasteiger partial charge in [-0.25, -0.2) is 0 Å². The molecule has 92 valence electrons. The Hall–Kier alpha value is -1.66. The van der Waals surface area contributed by atoms with Gasteiger partial charge in [-0.2, -0.15) is 0 Å². The highest BCUT2D eigenvalue weighted by Crippen LogP contribution is 2.22. The lowest BCUT2D eigenvalue weighted by molar-refractivity contribution is -0.111. The van der Waals surface area contributed by atoms with Gasteiger partial charge in [0.15, 0.2) is 4.34 Å². The molecule has 1 aromatic carbocycles. The van der Waals surface area contributed by atoms with Crippen LogP contribution in [0.25, 0.3) is 6.08 Å². The second kappa shape index (κ2) is 6.32. The number of amides is 1. The van der Waals surface area contributed by atoms with Crippen molar-refractivity contribution < 1.29 is 4.79 Å². The first-order valence-electron chi connectivity index (χ1n) is 5.19. The summed E-state index contributed by atoms with van der Waals surface area (Å²) in [7, 11) is 0. The molecule has 0 radical (unpaired) electrons. The van der Waals surface area contributed by atoms with Crippen molar-refractivity contribution in [3.63, 3.8) is 0 Å². The second-order valence-corrected chi connectivity index (χ2v) is 5.34. The molecule has 1 N–H and O–H groups in total. The van der Waals surface area contributed by atoms with Gasteiger partial charge in [0.1, 0.15) is 0 Å². The summed E-state index contributed by atoms with van der Waals surface area (Å²) in [5, 5.41) is 11.0. The predicted octanol–water partition coefficient (Wildman–Crippen LogP) is 2.91. The highest BCUT2D eigenvalue weighted by atomic mass is 32.2. The molecule has 2 aromatic rings. The lowest BCUT2D eigenvalue weighted by Gasteiger charge is -1.94. The highest BCUT2D eigenvalue weighted by Gasteiger charge is 2.04. The molecule has 0 bridgehead atoms. The van der Waals surface area contributed by atoms with Gasteiger partial charge in [-0.1, -0.05) is 53.4 Å². The lowest BCUT2D eigenvalue weighted by Crippen LogP contribution is -2.07. The molecule has 0 aliphatic heterocycles. The first-order chi connectivity index (χ1) is 8.78. The van der Waals surface area contributed by atoms with Crippen LogP contribution in [0.2, 0.25) is 0 Å². The van der Waals surface area contributed by atoms with E-state index in [1.807, 2.05) is 36.6 Å². The fourth-order valence-electron chi connectivity index (χ4n) is 1.23. The highest BCUT2D eigenvalue weighted by molar-refractivity contribution is 8.00. The number of aromatic nitrogens is 2. The van der Waals surface area contributed by atoms with Crippen molar-refractivity contribution >= 4 is 40.2 Å². The number of nitrogens with one attached hydrogen (secondary N) is 1. The summed E-state index contributed by atoms with van der Waals surface area (Å²) in [4.78, 5) is 11.6. The van der Waals surface area contributed by atoms with Gasteiger partial charge in [0.25, 0.3) is 0 Å². The van der Waals surface area contributed by atoms with Crippen molar-refractivity contribution in [2.75, 3.05) is 11.6 Å². The Morgan fingerprint density at radius 3 is 2.78 bits per heavy atom. The van der Waals surface area contributed by atoms with Crippen LogP contribution in [0.5, 0.6) is 0 Å². The molecule has 0 saturated heterocycles. The molecule has 0 aliphatic carbocycles. The van der Waals surface area contributed by atoms with E-state index in [4.69, 9.17) is 0 Å². The SMILES string of the molecule is CSc1nnc(NC(=O)/C=C/c2ccccc2)s1. The summed E-state index contributed by atoms with van der Waals surface area (Å²) < 4.78 is 0.831. The van der Waals surface area contributed by atoms with Gasteiger partial charge in [-0.05, 0) is 17.9 Å². The van der Waals surface area contributed by atoms with E-state index in [2.05, 4.69) is 15.5 Å². The Morgan fingerprint density at radius 2 is 2.11 bits per heavy atom. The molecule has 1 heterocycles. The van der Waals surface area contributed by atoms with Crippen LogP contribution in [-0.4, -0.2) is 22.4 Å². The van der Waals surface area contributed by atoms with E-state index in [0.29, 0.717) is 5.13 Å². The summed E-state index contributed by atoms with van der Waals surface area (Å²) >= 11 is 2.86. The van der Waals surface area contributed by atoms with Crippen LogP contribution in [-0.2, 0) is 4.79 Å². The van der Waals surface area contributed by atoms with Crippen LogP contribution in [0.15, 0.2) is 40.7 Å². The third-order valence-corrected chi connectivity index (χ3v) is 3.85. The average molecular weight is 277 g/mol. The maximum Gasteiger partial charge on any atom is 0.250 e. The summed E-state index contributed by atoms with van der Waals surface area (Å²) in [6.45, 7) is 0. The van der Waals surface area contributed by atoms with E-state index < -0.39 is 0 Å².